The Kier molecular flexibility index (Phi) is 4.33. The highest BCUT2D eigenvalue weighted by Gasteiger charge is 2.15. The van der Waals surface area contributed by atoms with Gasteiger partial charge in [-0.25, -0.2) is 4.79 Å². The number of furan rings is 1. The molecule has 2 heterocycles. The lowest BCUT2D eigenvalue weighted by molar-refractivity contribution is 0.249. The Labute approximate surface area is 139 Å². The van der Waals surface area contributed by atoms with Crippen molar-refractivity contribution in [1.82, 2.24) is 20.3 Å². The molecule has 2 N–H and O–H groups in total. The van der Waals surface area contributed by atoms with Gasteiger partial charge in [-0.05, 0) is 51.1 Å². The second kappa shape index (κ2) is 6.57. The minimum Gasteiger partial charge on any atom is -0.466 e. The van der Waals surface area contributed by atoms with Gasteiger partial charge in [-0.1, -0.05) is 0 Å². The van der Waals surface area contributed by atoms with E-state index in [1.807, 2.05) is 39.0 Å². The number of benzene rings is 1. The Bertz CT molecular complexity index is 821. The van der Waals surface area contributed by atoms with Gasteiger partial charge in [0.15, 0.2) is 0 Å². The summed E-state index contributed by atoms with van der Waals surface area (Å²) in [5, 5.41) is 13.8. The summed E-state index contributed by atoms with van der Waals surface area (Å²) in [6, 6.07) is 8.80. The van der Waals surface area contributed by atoms with Gasteiger partial charge < -0.3 is 15.1 Å². The number of amides is 2. The Morgan fingerprint density at radius 1 is 1.17 bits per heavy atom. The Morgan fingerprint density at radius 2 is 1.83 bits per heavy atom. The van der Waals surface area contributed by atoms with Crippen molar-refractivity contribution in [3.63, 3.8) is 0 Å². The molecule has 3 rings (SSSR count). The van der Waals surface area contributed by atoms with E-state index >= 15 is 0 Å². The number of hydrogen-bond acceptors (Lipinski definition) is 4. The van der Waals surface area contributed by atoms with Crippen LogP contribution in [0.3, 0.4) is 0 Å². The lowest BCUT2D eigenvalue weighted by Crippen LogP contribution is -2.31. The maximum Gasteiger partial charge on any atom is 0.319 e. The van der Waals surface area contributed by atoms with Crippen LogP contribution in [-0.4, -0.2) is 21.0 Å². The first-order valence-electron chi connectivity index (χ1n) is 7.64. The molecule has 24 heavy (non-hydrogen) atoms. The molecule has 7 nitrogen and oxygen atoms in total. The third kappa shape index (κ3) is 3.45. The fourth-order valence-electron chi connectivity index (χ4n) is 2.55. The lowest BCUT2D eigenvalue weighted by atomic mass is 10.1. The number of nitrogens with zero attached hydrogens (tertiary/aromatic N) is 3. The predicted molar refractivity (Wildman–Crippen MR) is 90.1 cm³/mol. The zero-order chi connectivity index (χ0) is 17.1. The first-order chi connectivity index (χ1) is 11.5. The van der Waals surface area contributed by atoms with Crippen LogP contribution in [0, 0.1) is 13.8 Å². The van der Waals surface area contributed by atoms with Crippen LogP contribution in [0.25, 0.3) is 5.69 Å². The van der Waals surface area contributed by atoms with Crippen LogP contribution < -0.4 is 10.6 Å². The summed E-state index contributed by atoms with van der Waals surface area (Å²) in [6.45, 7) is 5.70. The Hall–Kier alpha value is -3.09. The first-order valence-corrected chi connectivity index (χ1v) is 7.64. The number of carbonyl (C=O) groups excluding carboxylic acids is 1. The van der Waals surface area contributed by atoms with Gasteiger partial charge in [-0.15, -0.1) is 0 Å². The summed E-state index contributed by atoms with van der Waals surface area (Å²) >= 11 is 0. The number of hydrogen-bond donors (Lipinski definition) is 2. The number of aryl methyl sites for hydroxylation is 2. The number of anilines is 1. The van der Waals surface area contributed by atoms with E-state index in [1.54, 1.807) is 24.5 Å². The topological polar surface area (TPSA) is 85.0 Å². The van der Waals surface area contributed by atoms with Crippen molar-refractivity contribution < 1.29 is 9.21 Å². The maximum absolute atomic E-state index is 12.1. The predicted octanol–water partition coefficient (Wildman–Crippen LogP) is 3.36. The second-order valence-corrected chi connectivity index (χ2v) is 5.55. The summed E-state index contributed by atoms with van der Waals surface area (Å²) in [5.74, 6) is 1.65. The molecule has 0 aliphatic rings. The van der Waals surface area contributed by atoms with Crippen molar-refractivity contribution in [3.05, 3.63) is 59.8 Å². The number of aromatic nitrogens is 3. The molecule has 7 heteroatoms. The molecule has 2 aromatic heterocycles. The van der Waals surface area contributed by atoms with Crippen molar-refractivity contribution in [1.29, 1.82) is 0 Å². The number of nitrogens with one attached hydrogen (secondary N) is 2. The molecule has 0 aliphatic heterocycles. The van der Waals surface area contributed by atoms with Gasteiger partial charge in [0.25, 0.3) is 0 Å². The molecule has 0 saturated heterocycles. The van der Waals surface area contributed by atoms with Crippen molar-refractivity contribution >= 4 is 11.7 Å². The van der Waals surface area contributed by atoms with E-state index in [0.29, 0.717) is 5.69 Å². The lowest BCUT2D eigenvalue weighted by Gasteiger charge is -2.14. The van der Waals surface area contributed by atoms with Gasteiger partial charge in [0.05, 0.1) is 24.1 Å². The SMILES string of the molecule is Cc1cc(C(C)NC(=O)Nc2ccc(-n3nccn3)cc2)c(C)o1. The van der Waals surface area contributed by atoms with Crippen LogP contribution in [0.4, 0.5) is 10.5 Å². The number of rotatable bonds is 4. The normalized spacial score (nSPS) is 12.0. The summed E-state index contributed by atoms with van der Waals surface area (Å²) < 4.78 is 5.50. The molecule has 0 fully saturated rings. The molecule has 1 unspecified atom stereocenters. The van der Waals surface area contributed by atoms with Crippen LogP contribution >= 0.6 is 0 Å². The van der Waals surface area contributed by atoms with Crippen molar-refractivity contribution in [2.75, 3.05) is 5.32 Å². The summed E-state index contributed by atoms with van der Waals surface area (Å²) in [7, 11) is 0. The average molecular weight is 325 g/mol. The highest BCUT2D eigenvalue weighted by molar-refractivity contribution is 5.89. The monoisotopic (exact) mass is 325 g/mol. The molecule has 0 saturated carbocycles. The molecule has 1 aromatic carbocycles. The van der Waals surface area contributed by atoms with Gasteiger partial charge >= 0.3 is 6.03 Å². The quantitative estimate of drug-likeness (QED) is 0.770. The zero-order valence-corrected chi connectivity index (χ0v) is 13.8. The van der Waals surface area contributed by atoms with Crippen LogP contribution in [0.1, 0.15) is 30.0 Å². The van der Waals surface area contributed by atoms with E-state index in [1.165, 1.54) is 4.80 Å². The summed E-state index contributed by atoms with van der Waals surface area (Å²) in [5.41, 5.74) is 2.49. The van der Waals surface area contributed by atoms with E-state index in [-0.39, 0.29) is 12.1 Å². The highest BCUT2D eigenvalue weighted by Crippen LogP contribution is 2.21. The molecule has 124 valence electrons. The zero-order valence-electron chi connectivity index (χ0n) is 13.8. The van der Waals surface area contributed by atoms with Crippen molar-refractivity contribution in [3.8, 4) is 5.69 Å². The molecule has 1 atom stereocenters. The minimum absolute atomic E-state index is 0.144. The number of carbonyl (C=O) groups is 1. The van der Waals surface area contributed by atoms with Gasteiger partial charge in [-0.2, -0.15) is 15.0 Å². The molecule has 0 radical (unpaired) electrons. The van der Waals surface area contributed by atoms with Crippen molar-refractivity contribution in [2.45, 2.75) is 26.8 Å². The van der Waals surface area contributed by atoms with E-state index in [9.17, 15) is 4.79 Å². The molecular weight excluding hydrogens is 306 g/mol. The molecule has 0 bridgehead atoms. The minimum atomic E-state index is -0.272. The van der Waals surface area contributed by atoms with Gasteiger partial charge in [-0.3, -0.25) is 0 Å². The van der Waals surface area contributed by atoms with E-state index < -0.39 is 0 Å². The van der Waals surface area contributed by atoms with Crippen LogP contribution in [0.15, 0.2) is 47.1 Å². The van der Waals surface area contributed by atoms with Crippen LogP contribution in [0.2, 0.25) is 0 Å². The molecular formula is C17H19N5O2. The molecule has 2 amide bonds. The second-order valence-electron chi connectivity index (χ2n) is 5.55. The Balaban J connectivity index is 1.61. The highest BCUT2D eigenvalue weighted by atomic mass is 16.3. The first kappa shape index (κ1) is 15.8. The molecule has 0 spiro atoms. The smallest absolute Gasteiger partial charge is 0.319 e. The standard InChI is InChI=1S/C17H19N5O2/c1-11-10-16(13(3)24-11)12(2)20-17(23)21-14-4-6-15(7-5-14)22-18-8-9-19-22/h4-10,12H,1-3H3,(H2,20,21,23). The molecule has 3 aromatic rings. The fourth-order valence-corrected chi connectivity index (χ4v) is 2.55. The van der Waals surface area contributed by atoms with E-state index in [2.05, 4.69) is 20.8 Å². The number of urea groups is 1. The average Bonchev–Trinajstić information content (AvgIpc) is 3.17. The maximum atomic E-state index is 12.1. The summed E-state index contributed by atoms with van der Waals surface area (Å²) in [4.78, 5) is 13.7. The molecule has 0 aliphatic carbocycles. The largest absolute Gasteiger partial charge is 0.466 e. The van der Waals surface area contributed by atoms with E-state index in [0.717, 1.165) is 22.8 Å². The van der Waals surface area contributed by atoms with Gasteiger partial charge in [0, 0.05) is 11.3 Å². The van der Waals surface area contributed by atoms with Gasteiger partial charge in [0.1, 0.15) is 11.5 Å². The van der Waals surface area contributed by atoms with Gasteiger partial charge in [0.2, 0.25) is 0 Å². The van der Waals surface area contributed by atoms with E-state index in [4.69, 9.17) is 4.42 Å². The van der Waals surface area contributed by atoms with Crippen LogP contribution in [-0.2, 0) is 0 Å². The van der Waals surface area contributed by atoms with Crippen molar-refractivity contribution in [2.24, 2.45) is 0 Å². The van der Waals surface area contributed by atoms with Crippen LogP contribution in [0.5, 0.6) is 0 Å². The fraction of sp³-hybridized carbons (Fsp3) is 0.235. The summed E-state index contributed by atoms with van der Waals surface area (Å²) in [6.07, 6.45) is 3.22. The third-order valence-corrected chi connectivity index (χ3v) is 3.67. The third-order valence-electron chi connectivity index (χ3n) is 3.67. The Morgan fingerprint density at radius 3 is 2.42 bits per heavy atom.